The Hall–Kier alpha value is -1.60. The fourth-order valence-electron chi connectivity index (χ4n) is 4.66. The molecule has 2 aliphatic rings. The van der Waals surface area contributed by atoms with Gasteiger partial charge in [-0.05, 0) is 42.2 Å². The quantitative estimate of drug-likeness (QED) is 0.868. The van der Waals surface area contributed by atoms with Crippen molar-refractivity contribution < 1.29 is 23.1 Å². The molecule has 27 heavy (non-hydrogen) atoms. The van der Waals surface area contributed by atoms with E-state index in [0.29, 0.717) is 19.0 Å². The smallest absolute Gasteiger partial charge is 0.396 e. The molecule has 0 spiro atoms. The van der Waals surface area contributed by atoms with Crippen molar-refractivity contribution in [1.82, 2.24) is 9.80 Å². The average molecular weight is 384 g/mol. The van der Waals surface area contributed by atoms with Crippen molar-refractivity contribution in [3.63, 3.8) is 0 Å². The molecular formula is C20H27F3N2O2. The highest BCUT2D eigenvalue weighted by molar-refractivity contribution is 5.73. The molecule has 0 aliphatic carbocycles. The Labute approximate surface area is 158 Å². The second-order valence-electron chi connectivity index (χ2n) is 7.80. The summed E-state index contributed by atoms with van der Waals surface area (Å²) in [5.41, 5.74) is -0.294. The third-order valence-corrected chi connectivity index (χ3v) is 6.11. The monoisotopic (exact) mass is 384 g/mol. The minimum absolute atomic E-state index is 0.0506. The average Bonchev–Trinajstić information content (AvgIpc) is 3.04. The Morgan fingerprint density at radius 3 is 2.44 bits per heavy atom. The van der Waals surface area contributed by atoms with Crippen LogP contribution in [0.3, 0.4) is 0 Å². The van der Waals surface area contributed by atoms with E-state index >= 15 is 0 Å². The lowest BCUT2D eigenvalue weighted by atomic mass is 9.79. The van der Waals surface area contributed by atoms with Crippen LogP contribution in [0.15, 0.2) is 24.3 Å². The number of hydrogen-bond acceptors (Lipinski definition) is 3. The summed E-state index contributed by atoms with van der Waals surface area (Å²) in [4.78, 5) is 15.4. The van der Waals surface area contributed by atoms with Crippen molar-refractivity contribution in [2.75, 3.05) is 32.8 Å². The van der Waals surface area contributed by atoms with E-state index in [1.807, 2.05) is 9.80 Å². The van der Waals surface area contributed by atoms with Crippen LogP contribution < -0.4 is 0 Å². The molecule has 1 amide bonds. The second-order valence-corrected chi connectivity index (χ2v) is 7.80. The molecule has 0 bridgehead atoms. The van der Waals surface area contributed by atoms with Crippen molar-refractivity contribution in [3.05, 3.63) is 35.4 Å². The Balaban J connectivity index is 1.66. The van der Waals surface area contributed by atoms with E-state index in [2.05, 4.69) is 0 Å². The molecule has 2 heterocycles. The molecule has 1 aromatic rings. The van der Waals surface area contributed by atoms with Gasteiger partial charge in [-0.2, -0.15) is 13.2 Å². The molecule has 2 saturated heterocycles. The van der Waals surface area contributed by atoms with Crippen LogP contribution in [0.25, 0.3) is 0 Å². The highest BCUT2D eigenvalue weighted by Gasteiger charge is 2.40. The number of aliphatic hydroxyl groups excluding tert-OH is 1. The summed E-state index contributed by atoms with van der Waals surface area (Å²) in [5, 5.41) is 9.80. The summed E-state index contributed by atoms with van der Waals surface area (Å²) in [7, 11) is 0. The van der Waals surface area contributed by atoms with Crippen LogP contribution in [0.5, 0.6) is 0 Å². The molecular weight excluding hydrogens is 357 g/mol. The summed E-state index contributed by atoms with van der Waals surface area (Å²) in [5.74, 6) is 0.837. The SMILES string of the molecule is CC(=O)N1CCC([C@@H]2CN(Cc3ccccc3C(F)(F)F)C[C@H]2CO)CC1. The molecule has 2 fully saturated rings. The Morgan fingerprint density at radius 2 is 1.85 bits per heavy atom. The number of hydrogen-bond donors (Lipinski definition) is 1. The van der Waals surface area contributed by atoms with Crippen LogP contribution in [0.2, 0.25) is 0 Å². The number of nitrogens with zero attached hydrogens (tertiary/aromatic N) is 2. The first-order chi connectivity index (χ1) is 12.8. The zero-order chi connectivity index (χ0) is 19.6. The van der Waals surface area contributed by atoms with E-state index in [-0.39, 0.29) is 36.5 Å². The van der Waals surface area contributed by atoms with Gasteiger partial charge in [0.25, 0.3) is 0 Å². The van der Waals surface area contributed by atoms with Gasteiger partial charge in [-0.3, -0.25) is 9.69 Å². The maximum atomic E-state index is 13.2. The number of carbonyl (C=O) groups is 1. The predicted octanol–water partition coefficient (Wildman–Crippen LogP) is 3.00. The Kier molecular flexibility index (Phi) is 6.11. The van der Waals surface area contributed by atoms with E-state index in [1.165, 1.54) is 12.1 Å². The number of halogens is 3. The summed E-state index contributed by atoms with van der Waals surface area (Å²) in [6, 6.07) is 5.72. The number of aliphatic hydroxyl groups is 1. The molecule has 0 unspecified atom stereocenters. The molecule has 0 radical (unpaired) electrons. The highest BCUT2D eigenvalue weighted by atomic mass is 19.4. The molecule has 1 aromatic carbocycles. The standard InChI is InChI=1S/C20H27F3N2O2/c1-14(27)25-8-6-15(7-9-25)18-12-24(11-17(18)13-26)10-16-4-2-3-5-19(16)20(21,22)23/h2-5,15,17-18,26H,6-13H2,1H3/t17-,18-/m0/s1. The van der Waals surface area contributed by atoms with E-state index < -0.39 is 11.7 Å². The number of likely N-dealkylation sites (tertiary alicyclic amines) is 2. The maximum absolute atomic E-state index is 13.2. The van der Waals surface area contributed by atoms with Crippen LogP contribution in [0.1, 0.15) is 30.9 Å². The minimum Gasteiger partial charge on any atom is -0.396 e. The van der Waals surface area contributed by atoms with Crippen LogP contribution in [-0.2, 0) is 17.5 Å². The molecule has 1 N–H and O–H groups in total. The van der Waals surface area contributed by atoms with E-state index in [4.69, 9.17) is 0 Å². The number of benzene rings is 1. The summed E-state index contributed by atoms with van der Waals surface area (Å²) >= 11 is 0. The summed E-state index contributed by atoms with van der Waals surface area (Å²) < 4.78 is 39.7. The fraction of sp³-hybridized carbons (Fsp3) is 0.650. The van der Waals surface area contributed by atoms with Crippen molar-refractivity contribution in [1.29, 1.82) is 0 Å². The van der Waals surface area contributed by atoms with Crippen LogP contribution in [0, 0.1) is 17.8 Å². The van der Waals surface area contributed by atoms with Gasteiger partial charge in [-0.25, -0.2) is 0 Å². The lowest BCUT2D eigenvalue weighted by molar-refractivity contribution is -0.138. The van der Waals surface area contributed by atoms with Gasteiger partial charge in [0.2, 0.25) is 5.91 Å². The van der Waals surface area contributed by atoms with Crippen molar-refractivity contribution in [2.24, 2.45) is 17.8 Å². The predicted molar refractivity (Wildman–Crippen MR) is 95.8 cm³/mol. The lowest BCUT2D eigenvalue weighted by Crippen LogP contribution is -2.40. The van der Waals surface area contributed by atoms with E-state index in [1.54, 1.807) is 13.0 Å². The molecule has 4 nitrogen and oxygen atoms in total. The van der Waals surface area contributed by atoms with Gasteiger partial charge < -0.3 is 10.0 Å². The molecule has 2 atom stereocenters. The van der Waals surface area contributed by atoms with Gasteiger partial charge in [0, 0.05) is 46.3 Å². The molecule has 150 valence electrons. The Morgan fingerprint density at radius 1 is 1.19 bits per heavy atom. The van der Waals surface area contributed by atoms with Gasteiger partial charge in [-0.1, -0.05) is 18.2 Å². The molecule has 7 heteroatoms. The molecule has 2 aliphatic heterocycles. The number of carbonyl (C=O) groups excluding carboxylic acids is 1. The van der Waals surface area contributed by atoms with E-state index in [0.717, 1.165) is 32.0 Å². The fourth-order valence-corrected chi connectivity index (χ4v) is 4.66. The van der Waals surface area contributed by atoms with Crippen LogP contribution >= 0.6 is 0 Å². The Bertz CT molecular complexity index is 657. The first-order valence-electron chi connectivity index (χ1n) is 9.53. The zero-order valence-electron chi connectivity index (χ0n) is 15.6. The topological polar surface area (TPSA) is 43.8 Å². The van der Waals surface area contributed by atoms with Gasteiger partial charge in [0.15, 0.2) is 0 Å². The molecule has 0 aromatic heterocycles. The van der Waals surface area contributed by atoms with Gasteiger partial charge in [0.05, 0.1) is 5.56 Å². The zero-order valence-corrected chi connectivity index (χ0v) is 15.6. The molecule has 0 saturated carbocycles. The second kappa shape index (κ2) is 8.19. The number of piperidine rings is 1. The molecule has 3 rings (SSSR count). The maximum Gasteiger partial charge on any atom is 0.416 e. The lowest BCUT2D eigenvalue weighted by Gasteiger charge is -2.36. The number of amides is 1. The van der Waals surface area contributed by atoms with Gasteiger partial charge in [0.1, 0.15) is 0 Å². The van der Waals surface area contributed by atoms with E-state index in [9.17, 15) is 23.1 Å². The largest absolute Gasteiger partial charge is 0.416 e. The van der Waals surface area contributed by atoms with Crippen molar-refractivity contribution in [2.45, 2.75) is 32.5 Å². The number of rotatable bonds is 4. The van der Waals surface area contributed by atoms with Crippen LogP contribution in [0.4, 0.5) is 13.2 Å². The van der Waals surface area contributed by atoms with Crippen molar-refractivity contribution in [3.8, 4) is 0 Å². The normalized spacial score (nSPS) is 25.1. The number of alkyl halides is 3. The van der Waals surface area contributed by atoms with Crippen molar-refractivity contribution >= 4 is 5.91 Å². The minimum atomic E-state index is -4.36. The summed E-state index contributed by atoms with van der Waals surface area (Å²) in [6.07, 6.45) is -2.56. The van der Waals surface area contributed by atoms with Gasteiger partial charge in [-0.15, -0.1) is 0 Å². The first-order valence-corrected chi connectivity index (χ1v) is 9.53. The van der Waals surface area contributed by atoms with Gasteiger partial charge >= 0.3 is 6.18 Å². The third kappa shape index (κ3) is 4.63. The summed E-state index contributed by atoms with van der Waals surface area (Å²) in [6.45, 7) is 4.63. The first kappa shape index (κ1) is 20.1. The third-order valence-electron chi connectivity index (χ3n) is 6.11. The van der Waals surface area contributed by atoms with Crippen LogP contribution in [-0.4, -0.2) is 53.6 Å². The highest BCUT2D eigenvalue weighted by Crippen LogP contribution is 2.38.